The van der Waals surface area contributed by atoms with Gasteiger partial charge in [0.2, 0.25) is 0 Å². The highest BCUT2D eigenvalue weighted by Crippen LogP contribution is 2.29. The number of piperidine rings is 1. The molecule has 0 saturated carbocycles. The molecule has 1 aliphatic heterocycles. The quantitative estimate of drug-likeness (QED) is 0.792. The van der Waals surface area contributed by atoms with Crippen LogP contribution in [0.2, 0.25) is 0 Å². The lowest BCUT2D eigenvalue weighted by Gasteiger charge is -2.36. The van der Waals surface area contributed by atoms with E-state index < -0.39 is 0 Å². The van der Waals surface area contributed by atoms with Crippen LogP contribution in [0.15, 0.2) is 34.4 Å². The van der Waals surface area contributed by atoms with E-state index in [0.29, 0.717) is 18.8 Å². The van der Waals surface area contributed by atoms with E-state index in [1.54, 1.807) is 11.3 Å². The fourth-order valence-corrected chi connectivity index (χ4v) is 4.31. The zero-order valence-corrected chi connectivity index (χ0v) is 16.9. The van der Waals surface area contributed by atoms with Crippen LogP contribution in [0.25, 0.3) is 0 Å². The van der Waals surface area contributed by atoms with Gasteiger partial charge in [0.1, 0.15) is 5.69 Å². The third kappa shape index (κ3) is 5.05. The normalized spacial score (nSPS) is 17.0. The van der Waals surface area contributed by atoms with E-state index in [9.17, 15) is 9.59 Å². The Bertz CT molecular complexity index is 795. The molecular formula is C20H28N4O2S. The Balaban J connectivity index is 1.69. The van der Waals surface area contributed by atoms with Gasteiger partial charge in [-0.25, -0.2) is 4.68 Å². The van der Waals surface area contributed by atoms with Gasteiger partial charge in [0.15, 0.2) is 0 Å². The first kappa shape index (κ1) is 19.8. The van der Waals surface area contributed by atoms with Crippen LogP contribution < -0.4 is 10.9 Å². The zero-order chi connectivity index (χ0) is 19.2. The number of aromatic nitrogens is 2. The first-order valence-corrected chi connectivity index (χ1v) is 10.6. The number of rotatable bonds is 7. The Morgan fingerprint density at radius 3 is 2.78 bits per heavy atom. The summed E-state index contributed by atoms with van der Waals surface area (Å²) < 4.78 is 1.36. The molecule has 1 amide bonds. The highest BCUT2D eigenvalue weighted by Gasteiger charge is 2.26. The molecule has 2 aromatic heterocycles. The molecule has 2 aromatic rings. The second-order valence-corrected chi connectivity index (χ2v) is 8.22. The summed E-state index contributed by atoms with van der Waals surface area (Å²) >= 11 is 1.73. The number of carbonyl (C=O) groups is 1. The molecule has 1 fully saturated rings. The fraction of sp³-hybridized carbons (Fsp3) is 0.550. The van der Waals surface area contributed by atoms with Gasteiger partial charge >= 0.3 is 0 Å². The SMILES string of the molecule is CCCn1nc(C(=O)NCC(c2cccs2)N2CCC(C)CC2)ccc1=O. The van der Waals surface area contributed by atoms with Gasteiger partial charge < -0.3 is 5.32 Å². The summed E-state index contributed by atoms with van der Waals surface area (Å²) in [6.07, 6.45) is 3.19. The topological polar surface area (TPSA) is 67.2 Å². The molecule has 0 bridgehead atoms. The van der Waals surface area contributed by atoms with Gasteiger partial charge in [-0.05, 0) is 55.8 Å². The molecule has 27 heavy (non-hydrogen) atoms. The molecule has 0 aliphatic carbocycles. The van der Waals surface area contributed by atoms with E-state index in [1.807, 2.05) is 6.92 Å². The van der Waals surface area contributed by atoms with Gasteiger partial charge in [-0.15, -0.1) is 11.3 Å². The summed E-state index contributed by atoms with van der Waals surface area (Å²) in [5, 5.41) is 9.32. The van der Waals surface area contributed by atoms with E-state index in [0.717, 1.165) is 25.4 Å². The zero-order valence-electron chi connectivity index (χ0n) is 16.1. The minimum atomic E-state index is -0.230. The van der Waals surface area contributed by atoms with Crippen LogP contribution in [0, 0.1) is 5.92 Å². The second kappa shape index (κ2) is 9.28. The van der Waals surface area contributed by atoms with Crippen LogP contribution in [0.4, 0.5) is 0 Å². The molecule has 1 saturated heterocycles. The van der Waals surface area contributed by atoms with E-state index >= 15 is 0 Å². The summed E-state index contributed by atoms with van der Waals surface area (Å²) in [7, 11) is 0. The van der Waals surface area contributed by atoms with Gasteiger partial charge in [-0.3, -0.25) is 14.5 Å². The maximum Gasteiger partial charge on any atom is 0.271 e. The van der Waals surface area contributed by atoms with Crippen molar-refractivity contribution >= 4 is 17.2 Å². The Morgan fingerprint density at radius 2 is 2.11 bits per heavy atom. The molecule has 3 rings (SSSR count). The Labute approximate surface area is 164 Å². The van der Waals surface area contributed by atoms with Crippen molar-refractivity contribution in [2.24, 2.45) is 5.92 Å². The first-order chi connectivity index (χ1) is 13.1. The van der Waals surface area contributed by atoms with Crippen molar-refractivity contribution in [3.8, 4) is 0 Å². The average molecular weight is 389 g/mol. The van der Waals surface area contributed by atoms with Gasteiger partial charge in [-0.2, -0.15) is 5.10 Å². The van der Waals surface area contributed by atoms with E-state index in [-0.39, 0.29) is 17.5 Å². The van der Waals surface area contributed by atoms with Crippen molar-refractivity contribution in [1.82, 2.24) is 20.0 Å². The van der Waals surface area contributed by atoms with Crippen molar-refractivity contribution in [3.63, 3.8) is 0 Å². The maximum absolute atomic E-state index is 12.6. The number of hydrogen-bond acceptors (Lipinski definition) is 5. The minimum absolute atomic E-state index is 0.174. The molecule has 0 spiro atoms. The molecule has 1 atom stereocenters. The van der Waals surface area contributed by atoms with Crippen LogP contribution in [0.3, 0.4) is 0 Å². The van der Waals surface area contributed by atoms with E-state index in [4.69, 9.17) is 0 Å². The Hall–Kier alpha value is -1.99. The predicted octanol–water partition coefficient (Wildman–Crippen LogP) is 2.92. The van der Waals surface area contributed by atoms with Gasteiger partial charge in [0, 0.05) is 24.0 Å². The molecule has 0 aromatic carbocycles. The third-order valence-electron chi connectivity index (χ3n) is 5.12. The summed E-state index contributed by atoms with van der Waals surface area (Å²) in [6, 6.07) is 7.30. The van der Waals surface area contributed by atoms with Gasteiger partial charge in [-0.1, -0.05) is 19.9 Å². The van der Waals surface area contributed by atoms with Crippen LogP contribution >= 0.6 is 11.3 Å². The van der Waals surface area contributed by atoms with Crippen molar-refractivity contribution in [3.05, 3.63) is 50.6 Å². The predicted molar refractivity (Wildman–Crippen MR) is 108 cm³/mol. The molecule has 7 heteroatoms. The number of hydrogen-bond donors (Lipinski definition) is 1. The Kier molecular flexibility index (Phi) is 6.79. The largest absolute Gasteiger partial charge is 0.349 e. The van der Waals surface area contributed by atoms with Crippen LogP contribution in [-0.4, -0.2) is 40.2 Å². The maximum atomic E-state index is 12.6. The first-order valence-electron chi connectivity index (χ1n) is 9.72. The highest BCUT2D eigenvalue weighted by atomic mass is 32.1. The molecule has 146 valence electrons. The van der Waals surface area contributed by atoms with Gasteiger partial charge in [0.05, 0.1) is 6.04 Å². The molecule has 3 heterocycles. The summed E-state index contributed by atoms with van der Waals surface area (Å²) in [6.45, 7) is 7.45. The standard InChI is InChI=1S/C20H28N4O2S/c1-3-10-24-19(25)7-6-16(22-24)20(26)21-14-17(18-5-4-13-27-18)23-11-8-15(2)9-12-23/h4-7,13,15,17H,3,8-12,14H2,1-2H3,(H,21,26). The van der Waals surface area contributed by atoms with Gasteiger partial charge in [0.25, 0.3) is 11.5 Å². The monoisotopic (exact) mass is 388 g/mol. The number of amides is 1. The summed E-state index contributed by atoms with van der Waals surface area (Å²) in [5.41, 5.74) is 0.118. The highest BCUT2D eigenvalue weighted by molar-refractivity contribution is 7.10. The fourth-order valence-electron chi connectivity index (χ4n) is 3.45. The molecule has 1 N–H and O–H groups in total. The Morgan fingerprint density at radius 1 is 1.33 bits per heavy atom. The lowest BCUT2D eigenvalue weighted by Crippen LogP contribution is -2.42. The lowest BCUT2D eigenvalue weighted by molar-refractivity contribution is 0.0907. The average Bonchev–Trinajstić information content (AvgIpc) is 3.19. The summed E-state index contributed by atoms with van der Waals surface area (Å²) in [4.78, 5) is 28.2. The molecular weight excluding hydrogens is 360 g/mol. The number of carbonyl (C=O) groups excluding carboxylic acids is 1. The van der Waals surface area contributed by atoms with Crippen molar-refractivity contribution in [1.29, 1.82) is 0 Å². The number of thiophene rings is 1. The smallest absolute Gasteiger partial charge is 0.271 e. The minimum Gasteiger partial charge on any atom is -0.349 e. The van der Waals surface area contributed by atoms with Crippen LogP contribution in [0.1, 0.15) is 54.5 Å². The van der Waals surface area contributed by atoms with E-state index in [1.165, 1.54) is 34.5 Å². The number of nitrogens with one attached hydrogen (secondary N) is 1. The van der Waals surface area contributed by atoms with Crippen LogP contribution in [-0.2, 0) is 6.54 Å². The molecule has 1 unspecified atom stereocenters. The third-order valence-corrected chi connectivity index (χ3v) is 6.09. The molecule has 1 aliphatic rings. The van der Waals surface area contributed by atoms with Crippen molar-refractivity contribution in [2.45, 2.75) is 45.7 Å². The second-order valence-electron chi connectivity index (χ2n) is 7.24. The van der Waals surface area contributed by atoms with E-state index in [2.05, 4.69) is 39.8 Å². The number of likely N-dealkylation sites (tertiary alicyclic amines) is 1. The van der Waals surface area contributed by atoms with Crippen LogP contribution in [0.5, 0.6) is 0 Å². The summed E-state index contributed by atoms with van der Waals surface area (Å²) in [5.74, 6) is 0.537. The lowest BCUT2D eigenvalue weighted by atomic mass is 9.97. The molecule has 0 radical (unpaired) electrons. The van der Waals surface area contributed by atoms with Crippen molar-refractivity contribution < 1.29 is 4.79 Å². The number of nitrogens with zero attached hydrogens (tertiary/aromatic N) is 3. The van der Waals surface area contributed by atoms with Crippen molar-refractivity contribution in [2.75, 3.05) is 19.6 Å². The molecule has 6 nitrogen and oxygen atoms in total. The number of aryl methyl sites for hydroxylation is 1.